The molecule has 0 aliphatic heterocycles. The van der Waals surface area contributed by atoms with E-state index in [1.165, 1.54) is 42.5 Å². The molecule has 0 bridgehead atoms. The standard InChI is InChI=1S/C23H18ClN7O3S/c1-2-30-21(16-4-3-5-18(24)12-16)27-29-23(30)35-20-7-6-19(31(33)34)13-17(20)14-26-28-22(32)15-8-10-25-11-9-15/h3-14H,2H2,1H3,(H,28,32)/b26-14-. The molecule has 4 aromatic rings. The van der Waals surface area contributed by atoms with Gasteiger partial charge in [-0.1, -0.05) is 23.7 Å². The average molecular weight is 508 g/mol. The van der Waals surface area contributed by atoms with Gasteiger partial charge in [0.25, 0.3) is 11.6 Å². The van der Waals surface area contributed by atoms with Gasteiger partial charge in [-0.15, -0.1) is 10.2 Å². The molecule has 176 valence electrons. The molecule has 0 aliphatic rings. The molecule has 1 amide bonds. The number of benzene rings is 2. The molecule has 0 radical (unpaired) electrons. The monoisotopic (exact) mass is 507 g/mol. The van der Waals surface area contributed by atoms with Crippen LogP contribution in [0.4, 0.5) is 5.69 Å². The minimum atomic E-state index is -0.493. The predicted molar refractivity (Wildman–Crippen MR) is 133 cm³/mol. The van der Waals surface area contributed by atoms with Crippen LogP contribution >= 0.6 is 23.4 Å². The molecule has 0 saturated carbocycles. The summed E-state index contributed by atoms with van der Waals surface area (Å²) < 4.78 is 1.92. The van der Waals surface area contributed by atoms with Crippen LogP contribution in [-0.4, -0.2) is 36.8 Å². The highest BCUT2D eigenvalue weighted by Gasteiger charge is 2.17. The average Bonchev–Trinajstić information content (AvgIpc) is 3.27. The van der Waals surface area contributed by atoms with Gasteiger partial charge in [0.1, 0.15) is 0 Å². The van der Waals surface area contributed by atoms with Crippen LogP contribution in [0.1, 0.15) is 22.8 Å². The van der Waals surface area contributed by atoms with E-state index in [1.807, 2.05) is 29.7 Å². The van der Waals surface area contributed by atoms with Crippen LogP contribution in [0.25, 0.3) is 11.4 Å². The zero-order valence-corrected chi connectivity index (χ0v) is 19.9. The Labute approximate surface area is 209 Å². The van der Waals surface area contributed by atoms with E-state index in [4.69, 9.17) is 11.6 Å². The molecule has 4 rings (SSSR count). The topological polar surface area (TPSA) is 128 Å². The maximum Gasteiger partial charge on any atom is 0.271 e. The Kier molecular flexibility index (Phi) is 7.48. The predicted octanol–water partition coefficient (Wildman–Crippen LogP) is 4.84. The molecule has 10 nitrogen and oxygen atoms in total. The molecule has 1 N–H and O–H groups in total. The number of nitrogens with zero attached hydrogens (tertiary/aromatic N) is 6. The minimum absolute atomic E-state index is 0.104. The lowest BCUT2D eigenvalue weighted by Gasteiger charge is -2.09. The highest BCUT2D eigenvalue weighted by Crippen LogP contribution is 2.33. The van der Waals surface area contributed by atoms with Crippen LogP contribution in [0.2, 0.25) is 5.02 Å². The van der Waals surface area contributed by atoms with E-state index in [1.54, 1.807) is 24.3 Å². The number of hydrogen-bond donors (Lipinski definition) is 1. The Balaban J connectivity index is 1.63. The number of carbonyl (C=O) groups is 1. The Hall–Kier alpha value is -4.09. The number of pyridine rings is 1. The third kappa shape index (κ3) is 5.70. The highest BCUT2D eigenvalue weighted by atomic mass is 35.5. The van der Waals surface area contributed by atoms with Crippen LogP contribution < -0.4 is 5.43 Å². The fourth-order valence-electron chi connectivity index (χ4n) is 3.16. The third-order valence-corrected chi connectivity index (χ3v) is 6.14. The summed E-state index contributed by atoms with van der Waals surface area (Å²) in [6, 6.07) is 14.8. The van der Waals surface area contributed by atoms with Crippen LogP contribution in [0, 0.1) is 10.1 Å². The smallest absolute Gasteiger partial charge is 0.271 e. The Morgan fingerprint density at radius 1 is 1.20 bits per heavy atom. The van der Waals surface area contributed by atoms with Gasteiger partial charge in [0.05, 0.1) is 11.1 Å². The number of non-ortho nitro benzene ring substituents is 1. The maximum absolute atomic E-state index is 12.2. The van der Waals surface area contributed by atoms with Crippen molar-refractivity contribution in [2.75, 3.05) is 0 Å². The zero-order chi connectivity index (χ0) is 24.8. The fourth-order valence-corrected chi connectivity index (χ4v) is 4.32. The summed E-state index contributed by atoms with van der Waals surface area (Å²) in [4.78, 5) is 27.6. The lowest BCUT2D eigenvalue weighted by atomic mass is 10.2. The highest BCUT2D eigenvalue weighted by molar-refractivity contribution is 7.99. The Bertz CT molecular complexity index is 1410. The van der Waals surface area contributed by atoms with Crippen LogP contribution in [-0.2, 0) is 6.54 Å². The molecule has 0 fully saturated rings. The number of aromatic nitrogens is 4. The summed E-state index contributed by atoms with van der Waals surface area (Å²) in [6.45, 7) is 2.56. The quantitative estimate of drug-likeness (QED) is 0.205. The van der Waals surface area contributed by atoms with Crippen molar-refractivity contribution in [1.29, 1.82) is 0 Å². The number of rotatable bonds is 8. The van der Waals surface area contributed by atoms with E-state index in [0.717, 1.165) is 5.56 Å². The summed E-state index contributed by atoms with van der Waals surface area (Å²) in [5.41, 5.74) is 3.96. The minimum Gasteiger partial charge on any atom is -0.302 e. The van der Waals surface area contributed by atoms with Crippen LogP contribution in [0.5, 0.6) is 0 Å². The molecule has 2 aromatic carbocycles. The summed E-state index contributed by atoms with van der Waals surface area (Å²) in [5.74, 6) is 0.222. The van der Waals surface area contributed by atoms with Crippen molar-refractivity contribution in [2.24, 2.45) is 5.10 Å². The van der Waals surface area contributed by atoms with E-state index >= 15 is 0 Å². The number of nitro groups is 1. The molecule has 12 heteroatoms. The normalized spacial score (nSPS) is 11.0. The van der Waals surface area contributed by atoms with E-state index in [-0.39, 0.29) is 5.69 Å². The van der Waals surface area contributed by atoms with Gasteiger partial charge >= 0.3 is 0 Å². The molecule has 35 heavy (non-hydrogen) atoms. The van der Waals surface area contributed by atoms with Gasteiger partial charge in [0.2, 0.25) is 0 Å². The lowest BCUT2D eigenvalue weighted by Crippen LogP contribution is -2.17. The van der Waals surface area contributed by atoms with Gasteiger partial charge < -0.3 is 4.57 Å². The van der Waals surface area contributed by atoms with E-state index < -0.39 is 10.8 Å². The Morgan fingerprint density at radius 2 is 2.00 bits per heavy atom. The first-order valence-electron chi connectivity index (χ1n) is 10.3. The largest absolute Gasteiger partial charge is 0.302 e. The number of nitrogens with one attached hydrogen (secondary N) is 1. The number of hydrogen-bond acceptors (Lipinski definition) is 8. The molecule has 0 atom stereocenters. The molecule has 0 spiro atoms. The summed E-state index contributed by atoms with van der Waals surface area (Å²) in [7, 11) is 0. The van der Waals surface area contributed by atoms with Crippen molar-refractivity contribution >= 4 is 41.2 Å². The molecule has 0 unspecified atom stereocenters. The van der Waals surface area contributed by atoms with E-state index in [9.17, 15) is 14.9 Å². The van der Waals surface area contributed by atoms with E-state index in [2.05, 4.69) is 25.7 Å². The second-order valence-corrected chi connectivity index (χ2v) is 8.52. The van der Waals surface area contributed by atoms with Gasteiger partial charge in [-0.05, 0) is 49.0 Å². The van der Waals surface area contributed by atoms with Gasteiger partial charge in [-0.25, -0.2) is 5.43 Å². The van der Waals surface area contributed by atoms with Crippen molar-refractivity contribution < 1.29 is 9.72 Å². The zero-order valence-electron chi connectivity index (χ0n) is 18.3. The number of hydrazone groups is 1. The van der Waals surface area contributed by atoms with Crippen molar-refractivity contribution in [2.45, 2.75) is 23.5 Å². The van der Waals surface area contributed by atoms with Gasteiger partial charge in [0, 0.05) is 57.7 Å². The SMILES string of the molecule is CCn1c(Sc2ccc([N+](=O)[O-])cc2/C=N\NC(=O)c2ccncc2)nnc1-c1cccc(Cl)c1. The first-order valence-corrected chi connectivity index (χ1v) is 11.5. The fraction of sp³-hybridized carbons (Fsp3) is 0.0870. The molecule has 0 aliphatic carbocycles. The number of carbonyl (C=O) groups excluding carboxylic acids is 1. The summed E-state index contributed by atoms with van der Waals surface area (Å²) in [5, 5.41) is 25.1. The van der Waals surface area contributed by atoms with Crippen LogP contribution in [0.3, 0.4) is 0 Å². The van der Waals surface area contributed by atoms with Crippen LogP contribution in [0.15, 0.2) is 82.1 Å². The molecular formula is C23H18ClN7O3S. The van der Waals surface area contributed by atoms with Crippen molar-refractivity contribution in [3.8, 4) is 11.4 Å². The Morgan fingerprint density at radius 3 is 2.71 bits per heavy atom. The third-order valence-electron chi connectivity index (χ3n) is 4.83. The van der Waals surface area contributed by atoms with Gasteiger partial charge in [-0.2, -0.15) is 5.10 Å². The van der Waals surface area contributed by atoms with Crippen molar-refractivity contribution in [3.05, 3.63) is 93.3 Å². The first kappa shape index (κ1) is 24.0. The molecular weight excluding hydrogens is 490 g/mol. The maximum atomic E-state index is 12.2. The van der Waals surface area contributed by atoms with E-state index in [0.29, 0.717) is 38.6 Å². The first-order chi connectivity index (χ1) is 17.0. The van der Waals surface area contributed by atoms with Gasteiger partial charge in [0.15, 0.2) is 11.0 Å². The second kappa shape index (κ2) is 10.9. The summed E-state index contributed by atoms with van der Waals surface area (Å²) in [6.07, 6.45) is 4.35. The number of amides is 1. The number of halogens is 1. The number of nitro benzene ring substituents is 1. The second-order valence-electron chi connectivity index (χ2n) is 7.08. The molecule has 0 saturated heterocycles. The van der Waals surface area contributed by atoms with Gasteiger partial charge in [-0.3, -0.25) is 19.9 Å². The summed E-state index contributed by atoms with van der Waals surface area (Å²) >= 11 is 7.41. The van der Waals surface area contributed by atoms with Crippen molar-refractivity contribution in [1.82, 2.24) is 25.2 Å². The lowest BCUT2D eigenvalue weighted by molar-refractivity contribution is -0.384. The molecule has 2 aromatic heterocycles. The molecule has 2 heterocycles. The van der Waals surface area contributed by atoms with Crippen molar-refractivity contribution in [3.63, 3.8) is 0 Å².